The van der Waals surface area contributed by atoms with Crippen LogP contribution in [0.4, 0.5) is 0 Å². The van der Waals surface area contributed by atoms with E-state index in [1.807, 2.05) is 0 Å². The Bertz CT molecular complexity index is 126. The molecule has 1 amide bonds. The molecule has 0 saturated heterocycles. The molecule has 0 aromatic carbocycles. The molecule has 0 aliphatic carbocycles. The maximum Gasteiger partial charge on any atom is 0.245 e. The molecule has 64 valence electrons. The molecule has 1 N–H and O–H groups in total. The predicted molar refractivity (Wildman–Crippen MR) is 43.2 cm³/mol. The van der Waals surface area contributed by atoms with Gasteiger partial charge in [0.25, 0.3) is 0 Å². The average Bonchev–Trinajstić information content (AvgIpc) is 1.99. The zero-order chi connectivity index (χ0) is 8.53. The molecular formula is C7H14N2O2. The summed E-state index contributed by atoms with van der Waals surface area (Å²) in [7, 11) is 0. The van der Waals surface area contributed by atoms with Gasteiger partial charge in [-0.2, -0.15) is 4.91 Å². The van der Waals surface area contributed by atoms with Crippen molar-refractivity contribution in [2.75, 3.05) is 13.1 Å². The monoisotopic (exact) mass is 158 g/mol. The van der Waals surface area contributed by atoms with Crippen LogP contribution in [-0.2, 0) is 4.79 Å². The lowest BCUT2D eigenvalue weighted by atomic mass is 10.2. The summed E-state index contributed by atoms with van der Waals surface area (Å²) in [4.78, 5) is 20.2. The van der Waals surface area contributed by atoms with E-state index in [2.05, 4.69) is 17.4 Å². The number of hydrogen-bond donors (Lipinski definition) is 1. The van der Waals surface area contributed by atoms with Gasteiger partial charge >= 0.3 is 0 Å². The summed E-state index contributed by atoms with van der Waals surface area (Å²) >= 11 is 0. The third-order valence-electron chi connectivity index (χ3n) is 1.31. The molecule has 0 unspecified atom stereocenters. The van der Waals surface area contributed by atoms with Crippen molar-refractivity contribution in [3.05, 3.63) is 4.91 Å². The first kappa shape index (κ1) is 10.1. The molecule has 0 aromatic rings. The van der Waals surface area contributed by atoms with E-state index in [0.29, 0.717) is 6.54 Å². The van der Waals surface area contributed by atoms with E-state index < -0.39 is 0 Å². The van der Waals surface area contributed by atoms with Gasteiger partial charge in [-0.25, -0.2) is 0 Å². The fourth-order valence-corrected chi connectivity index (χ4v) is 0.717. The smallest absolute Gasteiger partial charge is 0.245 e. The number of carbonyl (C=O) groups is 1. The highest BCUT2D eigenvalue weighted by Gasteiger charge is 1.97. The Kier molecular flexibility index (Phi) is 6.57. The van der Waals surface area contributed by atoms with Crippen molar-refractivity contribution in [3.8, 4) is 0 Å². The Labute approximate surface area is 66.3 Å². The van der Waals surface area contributed by atoms with Gasteiger partial charge in [0.1, 0.15) is 0 Å². The number of nitrogens with zero attached hydrogens (tertiary/aromatic N) is 1. The summed E-state index contributed by atoms with van der Waals surface area (Å²) in [6.07, 6.45) is 3.21. The minimum absolute atomic E-state index is 0.258. The van der Waals surface area contributed by atoms with E-state index in [1.54, 1.807) is 0 Å². The second kappa shape index (κ2) is 7.18. The molecule has 0 bridgehead atoms. The molecule has 0 heterocycles. The molecular weight excluding hydrogens is 144 g/mol. The van der Waals surface area contributed by atoms with E-state index in [4.69, 9.17) is 0 Å². The van der Waals surface area contributed by atoms with E-state index in [0.717, 1.165) is 19.3 Å². The largest absolute Gasteiger partial charge is 0.354 e. The van der Waals surface area contributed by atoms with Crippen molar-refractivity contribution >= 4 is 5.91 Å². The number of unbranched alkanes of at least 4 members (excludes halogenated alkanes) is 2. The lowest BCUT2D eigenvalue weighted by Gasteiger charge is -1.99. The molecule has 0 radical (unpaired) electrons. The Morgan fingerprint density at radius 3 is 2.73 bits per heavy atom. The van der Waals surface area contributed by atoms with Crippen molar-refractivity contribution in [1.82, 2.24) is 5.32 Å². The first-order valence-corrected chi connectivity index (χ1v) is 3.87. The van der Waals surface area contributed by atoms with Crippen LogP contribution in [0.5, 0.6) is 0 Å². The highest BCUT2D eigenvalue weighted by Crippen LogP contribution is 1.90. The zero-order valence-electron chi connectivity index (χ0n) is 6.80. The molecule has 0 rings (SSSR count). The molecule has 4 heteroatoms. The zero-order valence-corrected chi connectivity index (χ0v) is 6.80. The summed E-state index contributed by atoms with van der Waals surface area (Å²) in [6.45, 7) is 2.49. The number of carbonyl (C=O) groups excluding carboxylic acids is 1. The SMILES string of the molecule is CCCCCNC(=O)CN=O. The van der Waals surface area contributed by atoms with Crippen LogP contribution in [0.1, 0.15) is 26.2 Å². The highest BCUT2D eigenvalue weighted by atomic mass is 16.3. The van der Waals surface area contributed by atoms with E-state index in [-0.39, 0.29) is 12.5 Å². The van der Waals surface area contributed by atoms with Gasteiger partial charge in [0.15, 0.2) is 6.54 Å². The molecule has 0 atom stereocenters. The van der Waals surface area contributed by atoms with Crippen LogP contribution in [0.25, 0.3) is 0 Å². The van der Waals surface area contributed by atoms with E-state index >= 15 is 0 Å². The first-order valence-electron chi connectivity index (χ1n) is 3.87. The van der Waals surface area contributed by atoms with Gasteiger partial charge in [-0.15, -0.1) is 0 Å². The van der Waals surface area contributed by atoms with Crippen LogP contribution in [0.3, 0.4) is 0 Å². The maximum absolute atomic E-state index is 10.6. The van der Waals surface area contributed by atoms with Crippen LogP contribution < -0.4 is 5.32 Å². The van der Waals surface area contributed by atoms with Gasteiger partial charge in [-0.1, -0.05) is 24.9 Å². The van der Waals surface area contributed by atoms with Crippen molar-refractivity contribution < 1.29 is 4.79 Å². The summed E-state index contributed by atoms with van der Waals surface area (Å²) in [5.41, 5.74) is 0. The summed E-state index contributed by atoms with van der Waals surface area (Å²) in [6, 6.07) is 0. The summed E-state index contributed by atoms with van der Waals surface area (Å²) < 4.78 is 0. The molecule has 0 aromatic heterocycles. The lowest BCUT2D eigenvalue weighted by molar-refractivity contribution is -0.119. The van der Waals surface area contributed by atoms with Gasteiger partial charge in [0.2, 0.25) is 5.91 Å². The number of amides is 1. The second-order valence-corrected chi connectivity index (χ2v) is 2.34. The average molecular weight is 158 g/mol. The van der Waals surface area contributed by atoms with Gasteiger partial charge in [-0.3, -0.25) is 4.79 Å². The molecule has 0 aliphatic rings. The molecule has 0 spiro atoms. The fourth-order valence-electron chi connectivity index (χ4n) is 0.717. The Balaban J connectivity index is 3.10. The minimum Gasteiger partial charge on any atom is -0.354 e. The summed E-state index contributed by atoms with van der Waals surface area (Å²) in [5, 5.41) is 5.06. The van der Waals surface area contributed by atoms with Gasteiger partial charge in [-0.05, 0) is 6.42 Å². The third kappa shape index (κ3) is 6.96. The molecule has 0 saturated carbocycles. The number of hydrogen-bond acceptors (Lipinski definition) is 3. The Morgan fingerprint density at radius 1 is 1.45 bits per heavy atom. The number of nitroso groups, excluding NO2 is 1. The van der Waals surface area contributed by atoms with Crippen molar-refractivity contribution in [2.45, 2.75) is 26.2 Å². The van der Waals surface area contributed by atoms with Gasteiger partial charge in [0, 0.05) is 6.54 Å². The van der Waals surface area contributed by atoms with Gasteiger partial charge in [0.05, 0.1) is 0 Å². The van der Waals surface area contributed by atoms with Crippen LogP contribution >= 0.6 is 0 Å². The molecule has 0 aliphatic heterocycles. The molecule has 0 fully saturated rings. The molecule has 11 heavy (non-hydrogen) atoms. The van der Waals surface area contributed by atoms with Crippen LogP contribution in [0, 0.1) is 4.91 Å². The normalized spacial score (nSPS) is 9.18. The number of nitrogens with one attached hydrogen (secondary N) is 1. The topological polar surface area (TPSA) is 58.5 Å². The van der Waals surface area contributed by atoms with Crippen LogP contribution in [0.15, 0.2) is 5.18 Å². The van der Waals surface area contributed by atoms with Crippen molar-refractivity contribution in [1.29, 1.82) is 0 Å². The Morgan fingerprint density at radius 2 is 2.18 bits per heavy atom. The standard InChI is InChI=1S/C7H14N2O2/c1-2-3-4-5-8-7(10)6-9-11/h2-6H2,1H3,(H,8,10). The lowest BCUT2D eigenvalue weighted by Crippen LogP contribution is -2.26. The summed E-state index contributed by atoms with van der Waals surface area (Å²) in [5.74, 6) is -0.281. The van der Waals surface area contributed by atoms with Crippen molar-refractivity contribution in [2.24, 2.45) is 5.18 Å². The first-order chi connectivity index (χ1) is 5.31. The Hall–Kier alpha value is -0.930. The van der Waals surface area contributed by atoms with Gasteiger partial charge < -0.3 is 5.32 Å². The van der Waals surface area contributed by atoms with Crippen molar-refractivity contribution in [3.63, 3.8) is 0 Å². The van der Waals surface area contributed by atoms with Crippen LogP contribution in [-0.4, -0.2) is 19.0 Å². The van der Waals surface area contributed by atoms with E-state index in [1.165, 1.54) is 0 Å². The maximum atomic E-state index is 10.6. The minimum atomic E-state index is -0.281. The number of rotatable bonds is 6. The quantitative estimate of drug-likeness (QED) is 0.464. The van der Waals surface area contributed by atoms with E-state index in [9.17, 15) is 9.70 Å². The molecule has 4 nitrogen and oxygen atoms in total. The van der Waals surface area contributed by atoms with Crippen LogP contribution in [0.2, 0.25) is 0 Å². The third-order valence-corrected chi connectivity index (χ3v) is 1.31. The second-order valence-electron chi connectivity index (χ2n) is 2.34. The fraction of sp³-hybridized carbons (Fsp3) is 0.857. The highest BCUT2D eigenvalue weighted by molar-refractivity contribution is 5.77. The predicted octanol–water partition coefficient (Wildman–Crippen LogP) is 1.06.